The zero-order chi connectivity index (χ0) is 20.2. The van der Waals surface area contributed by atoms with Gasteiger partial charge in [0.2, 0.25) is 0 Å². The number of amides is 1. The Morgan fingerprint density at radius 2 is 2.07 bits per heavy atom. The lowest BCUT2D eigenvalue weighted by molar-refractivity contribution is 0.102. The topological polar surface area (TPSA) is 108 Å². The molecule has 0 radical (unpaired) electrons. The molecule has 3 heterocycles. The lowest BCUT2D eigenvalue weighted by Crippen LogP contribution is -2.13. The number of carbonyl (C=O) groups excluding carboxylic acids is 1. The summed E-state index contributed by atoms with van der Waals surface area (Å²) in [6.07, 6.45) is 4.74. The molecule has 0 bridgehead atoms. The molecule has 4 rings (SSSR count). The number of rotatable bonds is 6. The van der Waals surface area contributed by atoms with E-state index >= 15 is 0 Å². The summed E-state index contributed by atoms with van der Waals surface area (Å²) in [6.45, 7) is 4.12. The second-order valence-corrected chi connectivity index (χ2v) is 6.07. The molecule has 1 N–H and O–H groups in total. The Morgan fingerprint density at radius 1 is 1.21 bits per heavy atom. The van der Waals surface area contributed by atoms with Crippen molar-refractivity contribution in [2.24, 2.45) is 0 Å². The standard InChI is InChI=1S/C20H18N6O3/c1-3-28-17-9-5-4-8-15(17)24-19(27)16-11-26(12-22-16)18-14(7-6-10-21-18)20-23-13(2)25-29-20/h4-12H,3H2,1-2H3,(H,24,27). The third kappa shape index (κ3) is 3.84. The summed E-state index contributed by atoms with van der Waals surface area (Å²) in [4.78, 5) is 25.5. The number of nitrogens with one attached hydrogen (secondary N) is 1. The Morgan fingerprint density at radius 3 is 2.86 bits per heavy atom. The van der Waals surface area contributed by atoms with Gasteiger partial charge < -0.3 is 14.6 Å². The molecule has 0 fully saturated rings. The first kappa shape index (κ1) is 18.4. The van der Waals surface area contributed by atoms with Crippen LogP contribution < -0.4 is 10.1 Å². The molecule has 146 valence electrons. The van der Waals surface area contributed by atoms with E-state index in [1.165, 1.54) is 6.33 Å². The van der Waals surface area contributed by atoms with E-state index in [0.29, 0.717) is 41.1 Å². The zero-order valence-corrected chi connectivity index (χ0v) is 15.9. The summed E-state index contributed by atoms with van der Waals surface area (Å²) in [5.74, 6) is 1.63. The van der Waals surface area contributed by atoms with Crippen molar-refractivity contribution in [3.8, 4) is 23.0 Å². The van der Waals surface area contributed by atoms with E-state index in [1.807, 2.05) is 25.1 Å². The Hall–Kier alpha value is -4.01. The van der Waals surface area contributed by atoms with Gasteiger partial charge in [0.1, 0.15) is 17.8 Å². The van der Waals surface area contributed by atoms with Crippen molar-refractivity contribution in [1.82, 2.24) is 24.7 Å². The number of nitrogens with zero attached hydrogens (tertiary/aromatic N) is 5. The Labute approximate surface area is 166 Å². The molecule has 0 aliphatic heterocycles. The molecule has 0 unspecified atom stereocenters. The number of benzene rings is 1. The van der Waals surface area contributed by atoms with E-state index in [-0.39, 0.29) is 11.6 Å². The molecule has 4 aromatic rings. The number of hydrogen-bond donors (Lipinski definition) is 1. The number of ether oxygens (including phenoxy) is 1. The molecule has 29 heavy (non-hydrogen) atoms. The minimum atomic E-state index is -0.359. The first-order chi connectivity index (χ1) is 14.2. The normalized spacial score (nSPS) is 10.7. The number of pyridine rings is 1. The number of carbonyl (C=O) groups is 1. The second-order valence-electron chi connectivity index (χ2n) is 6.07. The molecule has 9 nitrogen and oxygen atoms in total. The van der Waals surface area contributed by atoms with Gasteiger partial charge in [-0.25, -0.2) is 9.97 Å². The summed E-state index contributed by atoms with van der Waals surface area (Å²) < 4.78 is 12.4. The molecule has 0 atom stereocenters. The molecule has 0 saturated heterocycles. The van der Waals surface area contributed by atoms with Gasteiger partial charge in [0.15, 0.2) is 11.6 Å². The SMILES string of the molecule is CCOc1ccccc1NC(=O)c1cn(-c2ncccc2-c2nc(C)no2)cn1. The molecular formula is C20H18N6O3. The van der Waals surface area contributed by atoms with Crippen LogP contribution >= 0.6 is 0 Å². The van der Waals surface area contributed by atoms with Crippen LogP contribution in [0.1, 0.15) is 23.2 Å². The molecule has 0 spiro atoms. The minimum Gasteiger partial charge on any atom is -0.492 e. The third-order valence-electron chi connectivity index (χ3n) is 4.04. The molecule has 0 aliphatic carbocycles. The monoisotopic (exact) mass is 390 g/mol. The smallest absolute Gasteiger partial charge is 0.275 e. The highest BCUT2D eigenvalue weighted by Crippen LogP contribution is 2.25. The summed E-state index contributed by atoms with van der Waals surface area (Å²) in [5.41, 5.74) is 1.45. The van der Waals surface area contributed by atoms with Gasteiger partial charge in [0.05, 0.1) is 17.9 Å². The molecule has 9 heteroatoms. The summed E-state index contributed by atoms with van der Waals surface area (Å²) in [7, 11) is 0. The minimum absolute atomic E-state index is 0.231. The van der Waals surface area contributed by atoms with Crippen LogP contribution in [0, 0.1) is 6.92 Å². The van der Waals surface area contributed by atoms with Gasteiger partial charge in [0, 0.05) is 12.4 Å². The Balaban J connectivity index is 1.61. The van der Waals surface area contributed by atoms with Gasteiger partial charge in [-0.1, -0.05) is 17.3 Å². The fourth-order valence-corrected chi connectivity index (χ4v) is 2.77. The first-order valence-electron chi connectivity index (χ1n) is 8.99. The van der Waals surface area contributed by atoms with Crippen LogP contribution in [0.5, 0.6) is 5.75 Å². The maximum atomic E-state index is 12.7. The van der Waals surface area contributed by atoms with Gasteiger partial charge in [-0.15, -0.1) is 0 Å². The van der Waals surface area contributed by atoms with E-state index in [2.05, 4.69) is 25.4 Å². The van der Waals surface area contributed by atoms with Crippen LogP contribution in [0.25, 0.3) is 17.3 Å². The predicted octanol–water partition coefficient (Wildman–Crippen LogP) is 3.28. The van der Waals surface area contributed by atoms with E-state index in [0.717, 1.165) is 0 Å². The molecule has 3 aromatic heterocycles. The van der Waals surface area contributed by atoms with Crippen LogP contribution in [0.3, 0.4) is 0 Å². The van der Waals surface area contributed by atoms with Gasteiger partial charge in [-0.2, -0.15) is 4.98 Å². The molecule has 0 saturated carbocycles. The number of para-hydroxylation sites is 2. The summed E-state index contributed by atoms with van der Waals surface area (Å²) in [6, 6.07) is 10.8. The lowest BCUT2D eigenvalue weighted by Gasteiger charge is -2.10. The molecule has 1 amide bonds. The Bertz CT molecular complexity index is 1150. The first-order valence-corrected chi connectivity index (χ1v) is 8.99. The molecular weight excluding hydrogens is 372 g/mol. The quantitative estimate of drug-likeness (QED) is 0.538. The van der Waals surface area contributed by atoms with Crippen LogP contribution in [0.4, 0.5) is 5.69 Å². The van der Waals surface area contributed by atoms with Crippen molar-refractivity contribution in [3.63, 3.8) is 0 Å². The maximum absolute atomic E-state index is 12.7. The fourth-order valence-electron chi connectivity index (χ4n) is 2.77. The lowest BCUT2D eigenvalue weighted by atomic mass is 10.2. The number of hydrogen-bond acceptors (Lipinski definition) is 7. The van der Waals surface area contributed by atoms with Crippen LogP contribution in [0.2, 0.25) is 0 Å². The number of aromatic nitrogens is 5. The van der Waals surface area contributed by atoms with E-state index in [9.17, 15) is 4.79 Å². The summed E-state index contributed by atoms with van der Waals surface area (Å²) in [5, 5.41) is 6.64. The van der Waals surface area contributed by atoms with Gasteiger partial charge in [-0.3, -0.25) is 9.36 Å². The number of imidazole rings is 1. The van der Waals surface area contributed by atoms with Crippen molar-refractivity contribution in [2.45, 2.75) is 13.8 Å². The fraction of sp³-hybridized carbons (Fsp3) is 0.150. The van der Waals surface area contributed by atoms with Crippen molar-refractivity contribution >= 4 is 11.6 Å². The highest BCUT2D eigenvalue weighted by atomic mass is 16.5. The Kier molecular flexibility index (Phi) is 5.02. The number of aryl methyl sites for hydroxylation is 1. The van der Waals surface area contributed by atoms with Crippen molar-refractivity contribution in [3.05, 3.63) is 66.6 Å². The second kappa shape index (κ2) is 7.93. The average Bonchev–Trinajstić information content (AvgIpc) is 3.39. The van der Waals surface area contributed by atoms with Gasteiger partial charge in [-0.05, 0) is 38.1 Å². The summed E-state index contributed by atoms with van der Waals surface area (Å²) >= 11 is 0. The maximum Gasteiger partial charge on any atom is 0.275 e. The van der Waals surface area contributed by atoms with E-state index < -0.39 is 0 Å². The predicted molar refractivity (Wildman–Crippen MR) is 105 cm³/mol. The average molecular weight is 390 g/mol. The van der Waals surface area contributed by atoms with Crippen molar-refractivity contribution in [1.29, 1.82) is 0 Å². The van der Waals surface area contributed by atoms with E-state index in [1.54, 1.807) is 42.1 Å². The highest BCUT2D eigenvalue weighted by Gasteiger charge is 2.17. The van der Waals surface area contributed by atoms with Crippen LogP contribution in [-0.2, 0) is 0 Å². The largest absolute Gasteiger partial charge is 0.492 e. The van der Waals surface area contributed by atoms with Crippen molar-refractivity contribution < 1.29 is 14.1 Å². The van der Waals surface area contributed by atoms with E-state index in [4.69, 9.17) is 9.26 Å². The third-order valence-corrected chi connectivity index (χ3v) is 4.04. The van der Waals surface area contributed by atoms with Gasteiger partial charge in [0.25, 0.3) is 11.8 Å². The molecule has 0 aliphatic rings. The number of anilines is 1. The highest BCUT2D eigenvalue weighted by molar-refractivity contribution is 6.03. The van der Waals surface area contributed by atoms with Gasteiger partial charge >= 0.3 is 0 Å². The van der Waals surface area contributed by atoms with Crippen molar-refractivity contribution in [2.75, 3.05) is 11.9 Å². The van der Waals surface area contributed by atoms with Crippen LogP contribution in [0.15, 0.2) is 59.6 Å². The molecule has 1 aromatic carbocycles. The zero-order valence-electron chi connectivity index (χ0n) is 15.9. The van der Waals surface area contributed by atoms with Crippen LogP contribution in [-0.4, -0.2) is 37.2 Å².